The zero-order valence-electron chi connectivity index (χ0n) is 12.3. The second kappa shape index (κ2) is 6.75. The Morgan fingerprint density at radius 1 is 1.36 bits per heavy atom. The van der Waals surface area contributed by atoms with Gasteiger partial charge in [-0.15, -0.1) is 0 Å². The largest absolute Gasteiger partial charge is 0.444 e. The van der Waals surface area contributed by atoms with E-state index in [9.17, 15) is 18.0 Å². The molecule has 1 aromatic carbocycles. The number of nitrogens with one attached hydrogen (secondary N) is 1. The van der Waals surface area contributed by atoms with Crippen LogP contribution in [0.1, 0.15) is 26.3 Å². The molecule has 0 bridgehead atoms. The fraction of sp³-hybridized carbons (Fsp3) is 0.500. The number of amides is 1. The first-order chi connectivity index (χ1) is 9.88. The van der Waals surface area contributed by atoms with Gasteiger partial charge in [0.2, 0.25) is 0 Å². The number of halogens is 4. The van der Waals surface area contributed by atoms with Gasteiger partial charge in [0.25, 0.3) is 0 Å². The molecule has 0 radical (unpaired) electrons. The maximum Gasteiger partial charge on any atom is 0.414 e. The lowest BCUT2D eigenvalue weighted by Gasteiger charge is -2.20. The molecular weight excluding hydrogens is 323 g/mol. The number of hydrogen-bond acceptors (Lipinski definition) is 3. The molecule has 0 aromatic heterocycles. The molecule has 1 aromatic rings. The molecule has 1 rings (SSSR count). The minimum atomic E-state index is -4.71. The van der Waals surface area contributed by atoms with E-state index in [-0.39, 0.29) is 16.3 Å². The third-order valence-corrected chi connectivity index (χ3v) is 2.84. The molecule has 124 valence electrons. The van der Waals surface area contributed by atoms with E-state index in [1.54, 1.807) is 20.8 Å². The number of aliphatic hydroxyl groups is 1. The summed E-state index contributed by atoms with van der Waals surface area (Å²) in [6, 6.07) is 3.99. The summed E-state index contributed by atoms with van der Waals surface area (Å²) in [6.07, 6.45) is -8.56. The zero-order valence-corrected chi connectivity index (χ0v) is 13.0. The summed E-state index contributed by atoms with van der Waals surface area (Å²) >= 11 is 5.87. The van der Waals surface area contributed by atoms with Crippen molar-refractivity contribution in [1.82, 2.24) is 0 Å². The van der Waals surface area contributed by atoms with Gasteiger partial charge in [0, 0.05) is 17.1 Å². The van der Waals surface area contributed by atoms with Gasteiger partial charge in [-0.3, -0.25) is 5.32 Å². The number of carbonyl (C=O) groups is 1. The van der Waals surface area contributed by atoms with Crippen molar-refractivity contribution in [1.29, 1.82) is 0 Å². The van der Waals surface area contributed by atoms with Crippen molar-refractivity contribution in [3.8, 4) is 0 Å². The number of anilines is 1. The van der Waals surface area contributed by atoms with E-state index in [1.807, 2.05) is 0 Å². The highest BCUT2D eigenvalue weighted by Crippen LogP contribution is 2.27. The van der Waals surface area contributed by atoms with Crippen LogP contribution >= 0.6 is 11.6 Å². The van der Waals surface area contributed by atoms with Crippen LogP contribution in [0.2, 0.25) is 5.02 Å². The minimum Gasteiger partial charge on any atom is -0.444 e. The number of alkyl halides is 3. The quantitative estimate of drug-likeness (QED) is 0.869. The number of aliphatic hydroxyl groups excluding tert-OH is 1. The van der Waals surface area contributed by atoms with Crippen molar-refractivity contribution in [3.63, 3.8) is 0 Å². The first kappa shape index (κ1) is 18.6. The third kappa shape index (κ3) is 6.11. The van der Waals surface area contributed by atoms with Gasteiger partial charge >= 0.3 is 12.3 Å². The summed E-state index contributed by atoms with van der Waals surface area (Å²) in [7, 11) is 0. The highest BCUT2D eigenvalue weighted by atomic mass is 35.5. The molecule has 0 aliphatic carbocycles. The first-order valence-electron chi connectivity index (χ1n) is 6.42. The lowest BCUT2D eigenvalue weighted by molar-refractivity contribution is -0.203. The lowest BCUT2D eigenvalue weighted by Crippen LogP contribution is -2.30. The molecule has 8 heteroatoms. The predicted octanol–water partition coefficient (Wildman–Crippen LogP) is 4.15. The fourth-order valence-corrected chi connectivity index (χ4v) is 1.79. The van der Waals surface area contributed by atoms with Crippen LogP contribution in [0.5, 0.6) is 0 Å². The summed E-state index contributed by atoms with van der Waals surface area (Å²) in [4.78, 5) is 11.6. The van der Waals surface area contributed by atoms with Gasteiger partial charge in [0.05, 0.1) is 0 Å². The van der Waals surface area contributed by atoms with E-state index in [2.05, 4.69) is 5.32 Å². The predicted molar refractivity (Wildman–Crippen MR) is 77.1 cm³/mol. The zero-order chi connectivity index (χ0) is 17.1. The van der Waals surface area contributed by atoms with E-state index in [0.717, 1.165) is 0 Å². The maximum atomic E-state index is 12.3. The van der Waals surface area contributed by atoms with Crippen LogP contribution in [0.4, 0.5) is 23.7 Å². The molecule has 0 heterocycles. The van der Waals surface area contributed by atoms with Crippen molar-refractivity contribution in [2.24, 2.45) is 0 Å². The second-order valence-corrected chi connectivity index (χ2v) is 6.10. The summed E-state index contributed by atoms with van der Waals surface area (Å²) in [5.74, 6) is 0. The molecule has 0 saturated carbocycles. The standard InChI is InChI=1S/C14H17ClF3NO3/c1-13(2,3)22-12(21)19-9-5-4-8(10(15)7-9)6-11(20)14(16,17)18/h4-5,7,11,20H,6H2,1-3H3,(H,19,21). The van der Waals surface area contributed by atoms with Crippen LogP contribution in [-0.4, -0.2) is 29.1 Å². The van der Waals surface area contributed by atoms with Gasteiger partial charge in [-0.2, -0.15) is 13.2 Å². The molecule has 0 saturated heterocycles. The number of benzene rings is 1. The van der Waals surface area contributed by atoms with E-state index in [4.69, 9.17) is 21.4 Å². The van der Waals surface area contributed by atoms with Crippen molar-refractivity contribution in [3.05, 3.63) is 28.8 Å². The average molecular weight is 340 g/mol. The van der Waals surface area contributed by atoms with Crippen molar-refractivity contribution < 1.29 is 27.8 Å². The highest BCUT2D eigenvalue weighted by molar-refractivity contribution is 6.31. The van der Waals surface area contributed by atoms with E-state index < -0.39 is 30.4 Å². The van der Waals surface area contributed by atoms with Crippen molar-refractivity contribution in [2.75, 3.05) is 5.32 Å². The number of ether oxygens (including phenoxy) is 1. The normalized spacial score (nSPS) is 13.6. The molecule has 1 amide bonds. The van der Waals surface area contributed by atoms with Crippen LogP contribution in [0.25, 0.3) is 0 Å². The van der Waals surface area contributed by atoms with Crippen molar-refractivity contribution >= 4 is 23.4 Å². The van der Waals surface area contributed by atoms with E-state index in [0.29, 0.717) is 0 Å². The van der Waals surface area contributed by atoms with Gasteiger partial charge in [-0.25, -0.2) is 4.79 Å². The smallest absolute Gasteiger partial charge is 0.414 e. The first-order valence-corrected chi connectivity index (χ1v) is 6.79. The van der Waals surface area contributed by atoms with Crippen LogP contribution < -0.4 is 5.32 Å². The molecular formula is C14H17ClF3NO3. The summed E-state index contributed by atoms with van der Waals surface area (Å²) in [6.45, 7) is 5.09. The topological polar surface area (TPSA) is 58.6 Å². The Hall–Kier alpha value is -1.47. The molecule has 4 nitrogen and oxygen atoms in total. The summed E-state index contributed by atoms with van der Waals surface area (Å²) in [5.41, 5.74) is -0.268. The Morgan fingerprint density at radius 2 is 1.95 bits per heavy atom. The molecule has 22 heavy (non-hydrogen) atoms. The Bertz CT molecular complexity index is 541. The van der Waals surface area contributed by atoms with Crippen molar-refractivity contribution in [2.45, 2.75) is 45.1 Å². The molecule has 2 N–H and O–H groups in total. The minimum absolute atomic E-state index is 0.0110. The van der Waals surface area contributed by atoms with Gasteiger partial charge < -0.3 is 9.84 Å². The van der Waals surface area contributed by atoms with Crippen LogP contribution in [-0.2, 0) is 11.2 Å². The van der Waals surface area contributed by atoms with Gasteiger partial charge in [0.1, 0.15) is 5.60 Å². The van der Waals surface area contributed by atoms with Crippen LogP contribution in [0.15, 0.2) is 18.2 Å². The molecule has 0 fully saturated rings. The Kier molecular flexibility index (Phi) is 5.70. The summed E-state index contributed by atoms with van der Waals surface area (Å²) in [5, 5.41) is 11.5. The average Bonchev–Trinajstić information content (AvgIpc) is 2.28. The third-order valence-electron chi connectivity index (χ3n) is 2.49. The molecule has 1 atom stereocenters. The maximum absolute atomic E-state index is 12.3. The highest BCUT2D eigenvalue weighted by Gasteiger charge is 2.38. The monoisotopic (exact) mass is 339 g/mol. The SMILES string of the molecule is CC(C)(C)OC(=O)Nc1ccc(CC(O)C(F)(F)F)c(Cl)c1. The Morgan fingerprint density at radius 3 is 2.41 bits per heavy atom. The molecule has 1 unspecified atom stereocenters. The van der Waals surface area contributed by atoms with Crippen LogP contribution in [0, 0.1) is 0 Å². The van der Waals surface area contributed by atoms with Gasteiger partial charge in [-0.05, 0) is 38.5 Å². The number of carbonyl (C=O) groups excluding carboxylic acids is 1. The molecule has 0 spiro atoms. The lowest BCUT2D eigenvalue weighted by atomic mass is 10.1. The fourth-order valence-electron chi connectivity index (χ4n) is 1.54. The van der Waals surface area contributed by atoms with Gasteiger partial charge in [0.15, 0.2) is 6.10 Å². The second-order valence-electron chi connectivity index (χ2n) is 5.69. The Balaban J connectivity index is 2.76. The van der Waals surface area contributed by atoms with Crippen LogP contribution in [0.3, 0.4) is 0 Å². The Labute approximate surface area is 131 Å². The van der Waals surface area contributed by atoms with E-state index in [1.165, 1.54) is 18.2 Å². The molecule has 0 aliphatic rings. The molecule has 0 aliphatic heterocycles. The summed E-state index contributed by atoms with van der Waals surface area (Å²) < 4.78 is 42.0. The number of rotatable bonds is 3. The van der Waals surface area contributed by atoms with E-state index >= 15 is 0 Å². The number of hydrogen-bond donors (Lipinski definition) is 2. The van der Waals surface area contributed by atoms with Gasteiger partial charge in [-0.1, -0.05) is 17.7 Å².